The molecule has 0 fully saturated rings. The molecule has 1 aromatic heterocycles. The number of benzene rings is 2. The number of amides is 1. The molecule has 24 heavy (non-hydrogen) atoms. The van der Waals surface area contributed by atoms with Crippen molar-refractivity contribution in [1.82, 2.24) is 0 Å². The Kier molecular flexibility index (Phi) is 4.72. The Hall–Kier alpha value is -2.92. The van der Waals surface area contributed by atoms with Crippen molar-refractivity contribution in [2.24, 2.45) is 0 Å². The zero-order valence-electron chi connectivity index (χ0n) is 13.0. The van der Waals surface area contributed by atoms with Crippen LogP contribution in [-0.4, -0.2) is 19.0 Å². The van der Waals surface area contributed by atoms with Crippen LogP contribution in [0.2, 0.25) is 0 Å². The van der Waals surface area contributed by atoms with Gasteiger partial charge in [0.15, 0.2) is 0 Å². The number of carbonyl (C=O) groups is 2. The summed E-state index contributed by atoms with van der Waals surface area (Å²) in [5, 5.41) is 4.04. The second kappa shape index (κ2) is 7.10. The Labute approximate surface area is 143 Å². The molecule has 3 rings (SSSR count). The van der Waals surface area contributed by atoms with Gasteiger partial charge in [-0.25, -0.2) is 4.79 Å². The lowest BCUT2D eigenvalue weighted by Gasteiger charge is -2.03. The highest BCUT2D eigenvalue weighted by Gasteiger charge is 2.20. The topological polar surface area (TPSA) is 55.4 Å². The second-order valence-electron chi connectivity index (χ2n) is 5.03. The number of anilines is 1. The minimum absolute atomic E-state index is 0.296. The van der Waals surface area contributed by atoms with Crippen molar-refractivity contribution < 1.29 is 14.3 Å². The summed E-state index contributed by atoms with van der Waals surface area (Å²) < 4.78 is 5.77. The summed E-state index contributed by atoms with van der Waals surface area (Å²) >= 11 is 1.35. The molecule has 3 aromatic rings. The lowest BCUT2D eigenvalue weighted by Crippen LogP contribution is -2.11. The zero-order chi connectivity index (χ0) is 16.9. The number of hydrogen-bond acceptors (Lipinski definition) is 4. The third-order valence-electron chi connectivity index (χ3n) is 3.45. The monoisotopic (exact) mass is 337 g/mol. The molecule has 1 heterocycles. The third-order valence-corrected chi connectivity index (χ3v) is 4.53. The molecule has 120 valence electrons. The smallest absolute Gasteiger partial charge is 0.341 e. The van der Waals surface area contributed by atoms with Crippen molar-refractivity contribution >= 4 is 44.4 Å². The van der Waals surface area contributed by atoms with E-state index in [4.69, 9.17) is 4.74 Å². The van der Waals surface area contributed by atoms with Crippen molar-refractivity contribution in [2.45, 2.75) is 0 Å². The number of fused-ring (bicyclic) bond motifs is 1. The van der Waals surface area contributed by atoms with Crippen LogP contribution in [0.25, 0.3) is 16.2 Å². The van der Waals surface area contributed by atoms with Crippen LogP contribution in [-0.2, 0) is 9.53 Å². The number of methoxy groups -OCH3 is 1. The van der Waals surface area contributed by atoms with Gasteiger partial charge in [-0.3, -0.25) is 4.79 Å². The van der Waals surface area contributed by atoms with E-state index in [0.29, 0.717) is 10.6 Å². The first kappa shape index (κ1) is 16.0. The first-order chi connectivity index (χ1) is 11.7. The Morgan fingerprint density at radius 1 is 1.04 bits per heavy atom. The molecule has 1 N–H and O–H groups in total. The average Bonchev–Trinajstić information content (AvgIpc) is 2.98. The fourth-order valence-electron chi connectivity index (χ4n) is 2.33. The molecule has 0 aliphatic rings. The van der Waals surface area contributed by atoms with Gasteiger partial charge in [0.1, 0.15) is 10.6 Å². The van der Waals surface area contributed by atoms with Gasteiger partial charge in [0.05, 0.1) is 7.11 Å². The van der Waals surface area contributed by atoms with E-state index >= 15 is 0 Å². The van der Waals surface area contributed by atoms with Crippen LogP contribution in [0.3, 0.4) is 0 Å². The van der Waals surface area contributed by atoms with Crippen LogP contribution in [0.4, 0.5) is 5.00 Å². The van der Waals surface area contributed by atoms with Crippen molar-refractivity contribution in [3.63, 3.8) is 0 Å². The van der Waals surface area contributed by atoms with E-state index in [0.717, 1.165) is 15.6 Å². The van der Waals surface area contributed by atoms with Gasteiger partial charge in [0.25, 0.3) is 0 Å². The van der Waals surface area contributed by atoms with E-state index < -0.39 is 5.97 Å². The highest BCUT2D eigenvalue weighted by atomic mass is 32.1. The maximum atomic E-state index is 12.2. The predicted octanol–water partition coefficient (Wildman–Crippen LogP) is 4.34. The minimum Gasteiger partial charge on any atom is -0.465 e. The minimum atomic E-state index is -0.463. The summed E-state index contributed by atoms with van der Waals surface area (Å²) in [6.45, 7) is 0. The molecule has 5 heteroatoms. The van der Waals surface area contributed by atoms with Gasteiger partial charge in [0, 0.05) is 16.2 Å². The number of thiophene rings is 1. The van der Waals surface area contributed by atoms with Crippen LogP contribution >= 0.6 is 11.3 Å². The summed E-state index contributed by atoms with van der Waals surface area (Å²) in [4.78, 5) is 24.3. The van der Waals surface area contributed by atoms with E-state index in [2.05, 4.69) is 5.32 Å². The Balaban J connectivity index is 1.88. The molecule has 0 atom stereocenters. The molecule has 0 spiro atoms. The first-order valence-electron chi connectivity index (χ1n) is 7.33. The second-order valence-corrected chi connectivity index (χ2v) is 6.08. The lowest BCUT2D eigenvalue weighted by molar-refractivity contribution is -0.111. The fourth-order valence-corrected chi connectivity index (χ4v) is 3.42. The highest BCUT2D eigenvalue weighted by Crippen LogP contribution is 2.36. The summed E-state index contributed by atoms with van der Waals surface area (Å²) in [5.74, 6) is -0.759. The van der Waals surface area contributed by atoms with Crippen LogP contribution in [0, 0.1) is 0 Å². The number of rotatable bonds is 4. The van der Waals surface area contributed by atoms with Crippen LogP contribution in [0.1, 0.15) is 15.9 Å². The van der Waals surface area contributed by atoms with Gasteiger partial charge >= 0.3 is 5.97 Å². The lowest BCUT2D eigenvalue weighted by atomic mass is 10.1. The molecule has 0 saturated carbocycles. The SMILES string of the molecule is COC(=O)c1c(NC(=O)C=Cc2ccccc2)sc2ccccc12. The fraction of sp³-hybridized carbons (Fsp3) is 0.0526. The maximum Gasteiger partial charge on any atom is 0.341 e. The summed E-state index contributed by atoms with van der Waals surface area (Å²) in [6, 6.07) is 17.0. The van der Waals surface area contributed by atoms with E-state index in [1.807, 2.05) is 54.6 Å². The van der Waals surface area contributed by atoms with Crippen molar-refractivity contribution in [3.8, 4) is 0 Å². The van der Waals surface area contributed by atoms with Gasteiger partial charge < -0.3 is 10.1 Å². The van der Waals surface area contributed by atoms with Crippen LogP contribution in [0.15, 0.2) is 60.7 Å². The molecule has 0 radical (unpaired) electrons. The molecular formula is C19H15NO3S. The van der Waals surface area contributed by atoms with Crippen molar-refractivity contribution in [3.05, 3.63) is 71.8 Å². The number of esters is 1. The number of ether oxygens (including phenoxy) is 1. The maximum absolute atomic E-state index is 12.2. The molecular weight excluding hydrogens is 322 g/mol. The number of carbonyl (C=O) groups excluding carboxylic acids is 2. The van der Waals surface area contributed by atoms with E-state index in [1.165, 1.54) is 24.5 Å². The molecule has 0 aliphatic heterocycles. The van der Waals surface area contributed by atoms with E-state index in [1.54, 1.807) is 6.08 Å². The normalized spacial score (nSPS) is 10.9. The van der Waals surface area contributed by atoms with Crippen LogP contribution in [0.5, 0.6) is 0 Å². The molecule has 4 nitrogen and oxygen atoms in total. The quantitative estimate of drug-likeness (QED) is 0.569. The number of nitrogens with one attached hydrogen (secondary N) is 1. The Morgan fingerprint density at radius 3 is 2.50 bits per heavy atom. The molecule has 0 saturated heterocycles. The molecule has 1 amide bonds. The highest BCUT2D eigenvalue weighted by molar-refractivity contribution is 7.23. The Morgan fingerprint density at radius 2 is 1.75 bits per heavy atom. The van der Waals surface area contributed by atoms with Gasteiger partial charge in [-0.2, -0.15) is 0 Å². The Bertz CT molecular complexity index is 913. The average molecular weight is 337 g/mol. The van der Waals surface area contributed by atoms with Crippen molar-refractivity contribution in [2.75, 3.05) is 12.4 Å². The first-order valence-corrected chi connectivity index (χ1v) is 8.14. The largest absolute Gasteiger partial charge is 0.465 e. The summed E-state index contributed by atoms with van der Waals surface area (Å²) in [6.07, 6.45) is 3.17. The van der Waals surface area contributed by atoms with E-state index in [9.17, 15) is 9.59 Å². The summed E-state index contributed by atoms with van der Waals surface area (Å²) in [7, 11) is 1.33. The molecule has 0 unspecified atom stereocenters. The van der Waals surface area contributed by atoms with Gasteiger partial charge in [0.2, 0.25) is 5.91 Å². The van der Waals surface area contributed by atoms with Gasteiger partial charge in [-0.05, 0) is 17.7 Å². The number of hydrogen-bond donors (Lipinski definition) is 1. The van der Waals surface area contributed by atoms with E-state index in [-0.39, 0.29) is 5.91 Å². The van der Waals surface area contributed by atoms with Gasteiger partial charge in [-0.1, -0.05) is 48.5 Å². The van der Waals surface area contributed by atoms with Gasteiger partial charge in [-0.15, -0.1) is 11.3 Å². The van der Waals surface area contributed by atoms with Crippen LogP contribution < -0.4 is 5.32 Å². The summed E-state index contributed by atoms with van der Waals surface area (Å²) in [5.41, 5.74) is 1.32. The molecule has 0 aliphatic carbocycles. The third kappa shape index (κ3) is 3.36. The van der Waals surface area contributed by atoms with Crippen molar-refractivity contribution in [1.29, 1.82) is 0 Å². The predicted molar refractivity (Wildman–Crippen MR) is 97.3 cm³/mol. The zero-order valence-corrected chi connectivity index (χ0v) is 13.8. The molecule has 0 bridgehead atoms. The molecule has 2 aromatic carbocycles. The standard InChI is InChI=1S/C19H15NO3S/c1-23-19(22)17-14-9-5-6-10-15(14)24-18(17)20-16(21)12-11-13-7-3-2-4-8-13/h2-12H,1H3,(H,20,21).